The molecule has 0 saturated heterocycles. The standard InChI is InChI=1S/C14H12ClFN2O/c15-11-7-6-10(13(16)8-11)9-17-14(19)18-12-4-2-1-3-5-12/h1-8H,9H2,(H2,17,18,19). The average Bonchev–Trinajstić information content (AvgIpc) is 2.39. The summed E-state index contributed by atoms with van der Waals surface area (Å²) in [4.78, 5) is 11.6. The number of halogens is 2. The van der Waals surface area contributed by atoms with Crippen molar-refractivity contribution in [1.29, 1.82) is 0 Å². The molecule has 0 spiro atoms. The highest BCUT2D eigenvalue weighted by Crippen LogP contribution is 2.14. The minimum atomic E-state index is -0.437. The van der Waals surface area contributed by atoms with Crippen LogP contribution >= 0.6 is 11.6 Å². The first-order chi connectivity index (χ1) is 9.15. The Morgan fingerprint density at radius 3 is 2.58 bits per heavy atom. The number of carbonyl (C=O) groups is 1. The van der Waals surface area contributed by atoms with Gasteiger partial charge in [0.1, 0.15) is 5.82 Å². The molecule has 0 aromatic heterocycles. The van der Waals surface area contributed by atoms with Gasteiger partial charge in [0.05, 0.1) is 0 Å². The molecular formula is C14H12ClFN2O. The third kappa shape index (κ3) is 3.96. The van der Waals surface area contributed by atoms with Gasteiger partial charge in [0, 0.05) is 22.8 Å². The van der Waals surface area contributed by atoms with E-state index < -0.39 is 5.82 Å². The van der Waals surface area contributed by atoms with Crippen LogP contribution in [0.3, 0.4) is 0 Å². The van der Waals surface area contributed by atoms with Gasteiger partial charge in [-0.1, -0.05) is 35.9 Å². The predicted molar refractivity (Wildman–Crippen MR) is 73.7 cm³/mol. The molecule has 2 aromatic rings. The van der Waals surface area contributed by atoms with Crippen LogP contribution < -0.4 is 10.6 Å². The molecule has 19 heavy (non-hydrogen) atoms. The number of urea groups is 1. The molecule has 0 aliphatic heterocycles. The smallest absolute Gasteiger partial charge is 0.319 e. The molecule has 0 fully saturated rings. The highest BCUT2D eigenvalue weighted by atomic mass is 35.5. The van der Waals surface area contributed by atoms with Gasteiger partial charge in [-0.25, -0.2) is 9.18 Å². The number of amides is 2. The van der Waals surface area contributed by atoms with Crippen LogP contribution in [0.2, 0.25) is 5.02 Å². The Bertz CT molecular complexity index is 575. The molecule has 0 bridgehead atoms. The largest absolute Gasteiger partial charge is 0.334 e. The second-order valence-corrected chi connectivity index (χ2v) is 4.35. The highest BCUT2D eigenvalue weighted by molar-refractivity contribution is 6.30. The summed E-state index contributed by atoms with van der Waals surface area (Å²) < 4.78 is 13.5. The maximum Gasteiger partial charge on any atom is 0.319 e. The monoisotopic (exact) mass is 278 g/mol. The summed E-state index contributed by atoms with van der Waals surface area (Å²) in [5.41, 5.74) is 1.06. The maximum absolute atomic E-state index is 13.5. The van der Waals surface area contributed by atoms with E-state index >= 15 is 0 Å². The number of hydrogen-bond donors (Lipinski definition) is 2. The third-order valence-electron chi connectivity index (χ3n) is 2.49. The molecular weight excluding hydrogens is 267 g/mol. The van der Waals surface area contributed by atoms with Crippen LogP contribution in [-0.2, 0) is 6.54 Å². The van der Waals surface area contributed by atoms with E-state index in [0.717, 1.165) is 0 Å². The lowest BCUT2D eigenvalue weighted by Crippen LogP contribution is -2.28. The summed E-state index contributed by atoms with van der Waals surface area (Å²) in [7, 11) is 0. The van der Waals surface area contributed by atoms with Crippen LogP contribution in [0.4, 0.5) is 14.9 Å². The second kappa shape index (κ2) is 6.20. The molecule has 3 nitrogen and oxygen atoms in total. The van der Waals surface area contributed by atoms with Crippen LogP contribution in [0.15, 0.2) is 48.5 Å². The van der Waals surface area contributed by atoms with Gasteiger partial charge < -0.3 is 10.6 Å². The average molecular weight is 279 g/mol. The minimum Gasteiger partial charge on any atom is -0.334 e. The number of para-hydroxylation sites is 1. The molecule has 2 N–H and O–H groups in total. The molecule has 0 unspecified atom stereocenters. The Hall–Kier alpha value is -2.07. The van der Waals surface area contributed by atoms with Gasteiger partial charge in [0.25, 0.3) is 0 Å². The number of rotatable bonds is 3. The van der Waals surface area contributed by atoms with E-state index in [1.165, 1.54) is 6.07 Å². The van der Waals surface area contributed by atoms with Crippen molar-refractivity contribution >= 4 is 23.3 Å². The summed E-state index contributed by atoms with van der Waals surface area (Å²) in [5, 5.41) is 5.55. The fourth-order valence-corrected chi connectivity index (χ4v) is 1.70. The quantitative estimate of drug-likeness (QED) is 0.881. The number of anilines is 1. The normalized spacial score (nSPS) is 10.0. The molecule has 0 saturated carbocycles. The van der Waals surface area contributed by atoms with Crippen LogP contribution in [-0.4, -0.2) is 6.03 Å². The predicted octanol–water partition coefficient (Wildman–Crippen LogP) is 3.80. The van der Waals surface area contributed by atoms with Crippen LogP contribution in [0, 0.1) is 5.82 Å². The summed E-state index contributed by atoms with van der Waals surface area (Å²) in [5.74, 6) is -0.437. The Morgan fingerprint density at radius 2 is 1.89 bits per heavy atom. The molecule has 98 valence electrons. The van der Waals surface area contributed by atoms with Gasteiger partial charge >= 0.3 is 6.03 Å². The molecule has 0 radical (unpaired) electrons. The number of nitrogens with one attached hydrogen (secondary N) is 2. The fourth-order valence-electron chi connectivity index (χ4n) is 1.54. The zero-order valence-corrected chi connectivity index (χ0v) is 10.7. The fraction of sp³-hybridized carbons (Fsp3) is 0.0714. The van der Waals surface area contributed by atoms with Crippen LogP contribution in [0.5, 0.6) is 0 Å². The van der Waals surface area contributed by atoms with Gasteiger partial charge in [-0.15, -0.1) is 0 Å². The van der Waals surface area contributed by atoms with E-state index in [1.54, 1.807) is 24.3 Å². The highest BCUT2D eigenvalue weighted by Gasteiger charge is 2.05. The molecule has 0 aliphatic rings. The minimum absolute atomic E-state index is 0.0989. The zero-order chi connectivity index (χ0) is 13.7. The lowest BCUT2D eigenvalue weighted by atomic mass is 10.2. The molecule has 0 atom stereocenters. The van der Waals surface area contributed by atoms with E-state index in [-0.39, 0.29) is 12.6 Å². The second-order valence-electron chi connectivity index (χ2n) is 3.91. The van der Waals surface area contributed by atoms with Crippen molar-refractivity contribution in [3.05, 3.63) is 64.9 Å². The van der Waals surface area contributed by atoms with Gasteiger partial charge in [-0.2, -0.15) is 0 Å². The summed E-state index contributed by atoms with van der Waals surface area (Å²) in [6.45, 7) is 0.0989. The van der Waals surface area contributed by atoms with Gasteiger partial charge in [-0.3, -0.25) is 0 Å². The topological polar surface area (TPSA) is 41.1 Å². The van der Waals surface area contributed by atoms with Crippen LogP contribution in [0.25, 0.3) is 0 Å². The first-order valence-electron chi connectivity index (χ1n) is 5.69. The summed E-state index contributed by atoms with van der Waals surface area (Å²) in [6.07, 6.45) is 0. The molecule has 5 heteroatoms. The first-order valence-corrected chi connectivity index (χ1v) is 6.07. The van der Waals surface area contributed by atoms with Crippen molar-refractivity contribution in [3.63, 3.8) is 0 Å². The van der Waals surface area contributed by atoms with Crippen molar-refractivity contribution in [1.82, 2.24) is 5.32 Å². The summed E-state index contributed by atoms with van der Waals surface area (Å²) in [6, 6.07) is 13.0. The van der Waals surface area contributed by atoms with Gasteiger partial charge in [0.2, 0.25) is 0 Å². The number of hydrogen-bond acceptors (Lipinski definition) is 1. The van der Waals surface area contributed by atoms with E-state index in [4.69, 9.17) is 11.6 Å². The Balaban J connectivity index is 1.90. The first kappa shape index (κ1) is 13.4. The van der Waals surface area contributed by atoms with Crippen molar-refractivity contribution in [3.8, 4) is 0 Å². The van der Waals surface area contributed by atoms with E-state index in [2.05, 4.69) is 10.6 Å². The lowest BCUT2D eigenvalue weighted by Gasteiger charge is -2.08. The van der Waals surface area contributed by atoms with E-state index in [1.807, 2.05) is 18.2 Å². The van der Waals surface area contributed by atoms with Crippen molar-refractivity contribution < 1.29 is 9.18 Å². The number of benzene rings is 2. The molecule has 0 heterocycles. The molecule has 0 aliphatic carbocycles. The Morgan fingerprint density at radius 1 is 1.16 bits per heavy atom. The zero-order valence-electron chi connectivity index (χ0n) is 9.99. The van der Waals surface area contributed by atoms with Gasteiger partial charge in [-0.05, 0) is 24.3 Å². The van der Waals surface area contributed by atoms with Crippen molar-refractivity contribution in [2.45, 2.75) is 6.54 Å². The summed E-state index contributed by atoms with van der Waals surface area (Å²) >= 11 is 5.65. The van der Waals surface area contributed by atoms with E-state index in [0.29, 0.717) is 16.3 Å². The maximum atomic E-state index is 13.5. The van der Waals surface area contributed by atoms with Crippen molar-refractivity contribution in [2.75, 3.05) is 5.32 Å². The third-order valence-corrected chi connectivity index (χ3v) is 2.72. The molecule has 2 aromatic carbocycles. The Labute approximate surface area is 115 Å². The molecule has 2 rings (SSSR count). The van der Waals surface area contributed by atoms with Gasteiger partial charge in [0.15, 0.2) is 0 Å². The van der Waals surface area contributed by atoms with E-state index in [9.17, 15) is 9.18 Å². The SMILES string of the molecule is O=C(NCc1ccc(Cl)cc1F)Nc1ccccc1. The lowest BCUT2D eigenvalue weighted by molar-refractivity contribution is 0.251. The molecule has 2 amide bonds. The number of carbonyl (C=O) groups excluding carboxylic acids is 1. The van der Waals surface area contributed by atoms with Crippen molar-refractivity contribution in [2.24, 2.45) is 0 Å². The van der Waals surface area contributed by atoms with Crippen LogP contribution in [0.1, 0.15) is 5.56 Å². The Kier molecular flexibility index (Phi) is 4.36.